The molecule has 0 radical (unpaired) electrons. The van der Waals surface area contributed by atoms with Crippen molar-refractivity contribution >= 4 is 16.7 Å². The summed E-state index contributed by atoms with van der Waals surface area (Å²) < 4.78 is 0. The van der Waals surface area contributed by atoms with Gasteiger partial charge in [-0.1, -0.05) is 25.0 Å². The van der Waals surface area contributed by atoms with Gasteiger partial charge in [-0.25, -0.2) is 9.97 Å². The standard InChI is InChI=1S/C17H24N4/c1-3-13-6-4-5-9-21(13)11-16-19-15-8-7-12(2)10-14(15)17(18)20-16/h7-8,10,13H,3-6,9,11H2,1-2H3,(H2,18,19,20). The minimum absolute atomic E-state index is 0.601. The molecule has 0 spiro atoms. The minimum atomic E-state index is 0.601. The SMILES string of the molecule is CCC1CCCCN1Cc1nc(N)c2cc(C)ccc2n1. The molecule has 0 aliphatic carbocycles. The summed E-state index contributed by atoms with van der Waals surface area (Å²) in [6.07, 6.45) is 5.11. The molecule has 1 saturated heterocycles. The first-order valence-electron chi connectivity index (χ1n) is 7.94. The number of fused-ring (bicyclic) bond motifs is 1. The minimum Gasteiger partial charge on any atom is -0.383 e. The molecule has 1 aliphatic rings. The molecule has 3 rings (SSSR count). The van der Waals surface area contributed by atoms with Crippen molar-refractivity contribution in [2.45, 2.75) is 52.1 Å². The molecule has 1 unspecified atom stereocenters. The van der Waals surface area contributed by atoms with Crippen LogP contribution in [0.4, 0.5) is 5.82 Å². The topological polar surface area (TPSA) is 55.0 Å². The number of aromatic nitrogens is 2. The first-order chi connectivity index (χ1) is 10.2. The molecule has 2 N–H and O–H groups in total. The molecule has 21 heavy (non-hydrogen) atoms. The zero-order chi connectivity index (χ0) is 14.8. The molecular formula is C17H24N4. The maximum Gasteiger partial charge on any atom is 0.145 e. The van der Waals surface area contributed by atoms with Crippen molar-refractivity contribution in [3.8, 4) is 0 Å². The summed E-state index contributed by atoms with van der Waals surface area (Å²) in [6, 6.07) is 6.84. The van der Waals surface area contributed by atoms with Gasteiger partial charge in [-0.3, -0.25) is 4.90 Å². The zero-order valence-corrected chi connectivity index (χ0v) is 13.0. The highest BCUT2D eigenvalue weighted by atomic mass is 15.2. The van der Waals surface area contributed by atoms with E-state index in [4.69, 9.17) is 10.7 Å². The number of likely N-dealkylation sites (tertiary alicyclic amines) is 1. The lowest BCUT2D eigenvalue weighted by Gasteiger charge is -2.34. The average Bonchev–Trinajstić information content (AvgIpc) is 2.49. The summed E-state index contributed by atoms with van der Waals surface area (Å²) in [7, 11) is 0. The predicted octanol–water partition coefficient (Wildman–Crippen LogP) is 3.28. The Morgan fingerprint density at radius 3 is 2.95 bits per heavy atom. The second-order valence-electron chi connectivity index (χ2n) is 6.07. The Bertz CT molecular complexity index is 638. The van der Waals surface area contributed by atoms with Gasteiger partial charge in [0, 0.05) is 11.4 Å². The average molecular weight is 284 g/mol. The third-order valence-corrected chi connectivity index (χ3v) is 4.49. The van der Waals surface area contributed by atoms with Crippen molar-refractivity contribution in [1.82, 2.24) is 14.9 Å². The predicted molar refractivity (Wildman–Crippen MR) is 87.0 cm³/mol. The van der Waals surface area contributed by atoms with Gasteiger partial charge in [0.1, 0.15) is 11.6 Å². The van der Waals surface area contributed by atoms with E-state index in [1.54, 1.807) is 0 Å². The quantitative estimate of drug-likeness (QED) is 0.939. The Kier molecular flexibility index (Phi) is 4.06. The zero-order valence-electron chi connectivity index (χ0n) is 13.0. The highest BCUT2D eigenvalue weighted by Gasteiger charge is 2.21. The first kappa shape index (κ1) is 14.3. The molecule has 0 amide bonds. The number of nitrogens with zero attached hydrogens (tertiary/aromatic N) is 3. The van der Waals surface area contributed by atoms with Crippen LogP contribution >= 0.6 is 0 Å². The van der Waals surface area contributed by atoms with Crippen molar-refractivity contribution < 1.29 is 0 Å². The Hall–Kier alpha value is -1.68. The van der Waals surface area contributed by atoms with E-state index in [2.05, 4.69) is 35.9 Å². The first-order valence-corrected chi connectivity index (χ1v) is 7.94. The molecule has 4 heteroatoms. The van der Waals surface area contributed by atoms with E-state index >= 15 is 0 Å². The second kappa shape index (κ2) is 5.98. The van der Waals surface area contributed by atoms with Crippen LogP contribution in [0.3, 0.4) is 0 Å². The lowest BCUT2D eigenvalue weighted by Crippen LogP contribution is -2.38. The van der Waals surface area contributed by atoms with E-state index in [-0.39, 0.29) is 0 Å². The van der Waals surface area contributed by atoms with E-state index in [9.17, 15) is 0 Å². The molecular weight excluding hydrogens is 260 g/mol. The van der Waals surface area contributed by atoms with Gasteiger partial charge in [0.15, 0.2) is 0 Å². The number of rotatable bonds is 3. The lowest BCUT2D eigenvalue weighted by atomic mass is 10.00. The number of benzene rings is 1. The molecule has 4 nitrogen and oxygen atoms in total. The van der Waals surface area contributed by atoms with Crippen LogP contribution < -0.4 is 5.73 Å². The fourth-order valence-corrected chi connectivity index (χ4v) is 3.30. The Balaban J connectivity index is 1.88. The smallest absolute Gasteiger partial charge is 0.145 e. The third kappa shape index (κ3) is 3.00. The van der Waals surface area contributed by atoms with Crippen molar-refractivity contribution in [3.05, 3.63) is 29.6 Å². The van der Waals surface area contributed by atoms with Gasteiger partial charge >= 0.3 is 0 Å². The molecule has 1 aliphatic heterocycles. The number of piperidine rings is 1. The van der Waals surface area contributed by atoms with Crippen LogP contribution in [0.25, 0.3) is 10.9 Å². The fraction of sp³-hybridized carbons (Fsp3) is 0.529. The van der Waals surface area contributed by atoms with Crippen LogP contribution in [0.5, 0.6) is 0 Å². The Morgan fingerprint density at radius 2 is 2.14 bits per heavy atom. The molecule has 0 bridgehead atoms. The van der Waals surface area contributed by atoms with Gasteiger partial charge in [0.25, 0.3) is 0 Å². The normalized spacial score (nSPS) is 20.0. The van der Waals surface area contributed by atoms with Crippen molar-refractivity contribution in [2.75, 3.05) is 12.3 Å². The highest BCUT2D eigenvalue weighted by molar-refractivity contribution is 5.88. The van der Waals surface area contributed by atoms with Gasteiger partial charge < -0.3 is 5.73 Å². The molecule has 2 heterocycles. The van der Waals surface area contributed by atoms with Crippen LogP contribution in [0.1, 0.15) is 44.0 Å². The molecule has 112 valence electrons. The van der Waals surface area contributed by atoms with Crippen LogP contribution in [0.15, 0.2) is 18.2 Å². The van der Waals surface area contributed by atoms with Gasteiger partial charge in [0.05, 0.1) is 12.1 Å². The van der Waals surface area contributed by atoms with Crippen molar-refractivity contribution in [3.63, 3.8) is 0 Å². The maximum atomic E-state index is 6.13. The van der Waals surface area contributed by atoms with E-state index in [0.717, 1.165) is 29.8 Å². The van der Waals surface area contributed by atoms with Gasteiger partial charge in [-0.2, -0.15) is 0 Å². The summed E-state index contributed by atoms with van der Waals surface area (Å²) >= 11 is 0. The van der Waals surface area contributed by atoms with Crippen LogP contribution in [0.2, 0.25) is 0 Å². The highest BCUT2D eigenvalue weighted by Crippen LogP contribution is 2.23. The Morgan fingerprint density at radius 1 is 1.29 bits per heavy atom. The van der Waals surface area contributed by atoms with E-state index < -0.39 is 0 Å². The van der Waals surface area contributed by atoms with Crippen LogP contribution in [-0.4, -0.2) is 27.5 Å². The van der Waals surface area contributed by atoms with Crippen LogP contribution in [-0.2, 0) is 6.54 Å². The van der Waals surface area contributed by atoms with Crippen molar-refractivity contribution in [2.24, 2.45) is 0 Å². The molecule has 1 aromatic carbocycles. The van der Waals surface area contributed by atoms with E-state index in [1.807, 2.05) is 6.07 Å². The molecule has 2 aromatic rings. The van der Waals surface area contributed by atoms with Crippen molar-refractivity contribution in [1.29, 1.82) is 0 Å². The summed E-state index contributed by atoms with van der Waals surface area (Å²) in [5.41, 5.74) is 8.27. The van der Waals surface area contributed by atoms with Gasteiger partial charge in [-0.15, -0.1) is 0 Å². The molecule has 1 fully saturated rings. The van der Waals surface area contributed by atoms with E-state index in [0.29, 0.717) is 11.9 Å². The number of nitrogens with two attached hydrogens (primary N) is 1. The van der Waals surface area contributed by atoms with Gasteiger partial charge in [-0.05, 0) is 44.9 Å². The summed E-state index contributed by atoms with van der Waals surface area (Å²) in [4.78, 5) is 11.7. The largest absolute Gasteiger partial charge is 0.383 e. The number of aryl methyl sites for hydroxylation is 1. The Labute approximate surface area is 126 Å². The monoisotopic (exact) mass is 284 g/mol. The number of hydrogen-bond acceptors (Lipinski definition) is 4. The molecule has 1 atom stereocenters. The molecule has 0 saturated carbocycles. The van der Waals surface area contributed by atoms with Crippen LogP contribution in [0, 0.1) is 6.92 Å². The lowest BCUT2D eigenvalue weighted by molar-refractivity contribution is 0.133. The van der Waals surface area contributed by atoms with E-state index in [1.165, 1.54) is 31.2 Å². The maximum absolute atomic E-state index is 6.13. The fourth-order valence-electron chi connectivity index (χ4n) is 3.30. The second-order valence-corrected chi connectivity index (χ2v) is 6.07. The molecule has 1 aromatic heterocycles. The summed E-state index contributed by atoms with van der Waals surface area (Å²) in [5.74, 6) is 1.45. The number of nitrogen functional groups attached to an aromatic ring is 1. The van der Waals surface area contributed by atoms with Gasteiger partial charge in [0.2, 0.25) is 0 Å². The third-order valence-electron chi connectivity index (χ3n) is 4.49. The summed E-state index contributed by atoms with van der Waals surface area (Å²) in [5, 5.41) is 0.962. The number of hydrogen-bond donors (Lipinski definition) is 1. The number of anilines is 1. The summed E-state index contributed by atoms with van der Waals surface area (Å²) in [6.45, 7) is 6.29.